The van der Waals surface area contributed by atoms with Gasteiger partial charge in [0.25, 0.3) is 5.91 Å². The van der Waals surface area contributed by atoms with E-state index in [1.165, 1.54) is 0 Å². The van der Waals surface area contributed by atoms with E-state index in [-0.39, 0.29) is 6.54 Å². The predicted octanol–water partition coefficient (Wildman–Crippen LogP) is 3.67. The van der Waals surface area contributed by atoms with E-state index in [4.69, 9.17) is 4.74 Å². The Bertz CT molecular complexity index is 842. The van der Waals surface area contributed by atoms with Gasteiger partial charge in [-0.25, -0.2) is 0 Å². The number of benzene rings is 2. The molecule has 0 aromatic heterocycles. The molecule has 8 heteroatoms. The summed E-state index contributed by atoms with van der Waals surface area (Å²) in [6.45, 7) is -1.25. The largest absolute Gasteiger partial charge is 0.481 e. The maximum atomic E-state index is 13.4. The van der Waals surface area contributed by atoms with Gasteiger partial charge in [-0.2, -0.15) is 13.2 Å². The number of aliphatic carboxylic acids is 1. The monoisotopic (exact) mass is 393 g/mol. The van der Waals surface area contributed by atoms with Crippen molar-refractivity contribution in [2.24, 2.45) is 5.41 Å². The van der Waals surface area contributed by atoms with E-state index in [1.54, 1.807) is 60.7 Å². The highest BCUT2D eigenvalue weighted by Crippen LogP contribution is 2.46. The van der Waals surface area contributed by atoms with Gasteiger partial charge in [0.1, 0.15) is 5.75 Å². The molecule has 1 amide bonds. The van der Waals surface area contributed by atoms with Crippen molar-refractivity contribution in [3.05, 3.63) is 66.2 Å². The van der Waals surface area contributed by atoms with Crippen molar-refractivity contribution in [2.45, 2.75) is 18.7 Å². The number of carboxylic acids is 1. The number of carbonyl (C=O) groups excluding carboxylic acids is 1. The summed E-state index contributed by atoms with van der Waals surface area (Å²) < 4.78 is 46.0. The van der Waals surface area contributed by atoms with Gasteiger partial charge in [0.05, 0.1) is 0 Å². The third-order valence-electron chi connectivity index (χ3n) is 4.86. The molecule has 0 radical (unpaired) electrons. The lowest BCUT2D eigenvalue weighted by Crippen LogP contribution is -2.48. The third-order valence-corrected chi connectivity index (χ3v) is 4.86. The van der Waals surface area contributed by atoms with E-state index in [0.717, 1.165) is 4.90 Å². The van der Waals surface area contributed by atoms with E-state index in [9.17, 15) is 27.9 Å². The van der Waals surface area contributed by atoms with Gasteiger partial charge >= 0.3 is 12.1 Å². The van der Waals surface area contributed by atoms with Crippen LogP contribution < -0.4 is 4.74 Å². The van der Waals surface area contributed by atoms with Crippen molar-refractivity contribution in [3.63, 3.8) is 0 Å². The SMILES string of the molecule is O=C(C(Oc1ccccc1)c1ccccc1)N1CCC(C(=O)O)(C(F)(F)F)C1. The molecule has 0 bridgehead atoms. The number of rotatable bonds is 5. The normalized spacial score (nSPS) is 20.6. The number of amides is 1. The topological polar surface area (TPSA) is 66.8 Å². The van der Waals surface area contributed by atoms with Crippen LogP contribution in [0.5, 0.6) is 5.75 Å². The van der Waals surface area contributed by atoms with Crippen molar-refractivity contribution >= 4 is 11.9 Å². The van der Waals surface area contributed by atoms with Crippen LogP contribution in [0.15, 0.2) is 60.7 Å². The Balaban J connectivity index is 1.89. The smallest absolute Gasteiger partial charge is 0.406 e. The van der Waals surface area contributed by atoms with Gasteiger partial charge < -0.3 is 14.7 Å². The van der Waals surface area contributed by atoms with Gasteiger partial charge in [0.15, 0.2) is 5.41 Å². The van der Waals surface area contributed by atoms with E-state index >= 15 is 0 Å². The molecule has 0 saturated carbocycles. The summed E-state index contributed by atoms with van der Waals surface area (Å²) in [4.78, 5) is 25.3. The molecular formula is C20H18F3NO4. The number of hydrogen-bond donors (Lipinski definition) is 1. The number of likely N-dealkylation sites (tertiary alicyclic amines) is 1. The molecule has 3 rings (SSSR count). The van der Waals surface area contributed by atoms with Crippen molar-refractivity contribution in [2.75, 3.05) is 13.1 Å². The van der Waals surface area contributed by atoms with Crippen LogP contribution in [0.2, 0.25) is 0 Å². The number of carboxylic acid groups (broad SMARTS) is 1. The van der Waals surface area contributed by atoms with Crippen LogP contribution >= 0.6 is 0 Å². The summed E-state index contributed by atoms with van der Waals surface area (Å²) in [7, 11) is 0. The molecule has 0 spiro atoms. The molecule has 28 heavy (non-hydrogen) atoms. The standard InChI is InChI=1S/C20H18F3NO4/c21-20(22,23)19(18(26)27)11-12-24(13-19)17(25)16(14-7-3-1-4-8-14)28-15-9-5-2-6-10-15/h1-10,16H,11-13H2,(H,26,27). The molecule has 2 aromatic rings. The Labute approximate surface area is 159 Å². The molecule has 2 aromatic carbocycles. The zero-order valence-corrected chi connectivity index (χ0v) is 14.7. The number of nitrogens with zero attached hydrogens (tertiary/aromatic N) is 1. The van der Waals surface area contributed by atoms with E-state index < -0.39 is 42.5 Å². The molecule has 1 saturated heterocycles. The summed E-state index contributed by atoms with van der Waals surface area (Å²) in [6.07, 6.45) is -6.83. The van der Waals surface area contributed by atoms with Crippen LogP contribution in [0.3, 0.4) is 0 Å². The first-order chi connectivity index (χ1) is 13.2. The first kappa shape index (κ1) is 19.7. The van der Waals surface area contributed by atoms with Gasteiger partial charge in [-0.15, -0.1) is 0 Å². The Morgan fingerprint density at radius 1 is 1.04 bits per heavy atom. The maximum absolute atomic E-state index is 13.4. The predicted molar refractivity (Wildman–Crippen MR) is 93.6 cm³/mol. The van der Waals surface area contributed by atoms with Gasteiger partial charge in [0, 0.05) is 18.7 Å². The zero-order chi connectivity index (χ0) is 20.4. The highest BCUT2D eigenvalue weighted by Gasteiger charge is 2.64. The first-order valence-corrected chi connectivity index (χ1v) is 8.60. The molecule has 148 valence electrons. The fourth-order valence-corrected chi connectivity index (χ4v) is 3.21. The summed E-state index contributed by atoms with van der Waals surface area (Å²) in [6, 6.07) is 16.8. The molecule has 1 fully saturated rings. The third kappa shape index (κ3) is 3.67. The molecule has 1 N–H and O–H groups in total. The minimum atomic E-state index is -4.96. The molecule has 0 aliphatic carbocycles. The van der Waals surface area contributed by atoms with Gasteiger partial charge in [-0.05, 0) is 18.6 Å². The number of carbonyl (C=O) groups is 2. The quantitative estimate of drug-likeness (QED) is 0.842. The van der Waals surface area contributed by atoms with E-state index in [2.05, 4.69) is 0 Å². The van der Waals surface area contributed by atoms with Crippen LogP contribution in [0, 0.1) is 5.41 Å². The van der Waals surface area contributed by atoms with Crippen LogP contribution in [-0.2, 0) is 9.59 Å². The van der Waals surface area contributed by atoms with E-state index in [1.807, 2.05) is 0 Å². The second-order valence-electron chi connectivity index (χ2n) is 6.62. The lowest BCUT2D eigenvalue weighted by molar-refractivity contribution is -0.227. The lowest BCUT2D eigenvalue weighted by atomic mass is 9.86. The minimum absolute atomic E-state index is 0.313. The lowest BCUT2D eigenvalue weighted by Gasteiger charge is -2.29. The number of alkyl halides is 3. The molecule has 5 nitrogen and oxygen atoms in total. The number of para-hydroxylation sites is 1. The fourth-order valence-electron chi connectivity index (χ4n) is 3.21. The molecule has 2 atom stereocenters. The molecule has 1 aliphatic heterocycles. The van der Waals surface area contributed by atoms with Crippen molar-refractivity contribution in [1.82, 2.24) is 4.90 Å². The summed E-state index contributed by atoms with van der Waals surface area (Å²) >= 11 is 0. The second-order valence-corrected chi connectivity index (χ2v) is 6.62. The molecule has 2 unspecified atom stereocenters. The fraction of sp³-hybridized carbons (Fsp3) is 0.300. The van der Waals surface area contributed by atoms with Crippen molar-refractivity contribution in [3.8, 4) is 5.75 Å². The summed E-state index contributed by atoms with van der Waals surface area (Å²) in [5.41, 5.74) is -2.49. The number of ether oxygens (including phenoxy) is 1. The Morgan fingerprint density at radius 3 is 2.11 bits per heavy atom. The summed E-state index contributed by atoms with van der Waals surface area (Å²) in [5.74, 6) is -2.30. The Morgan fingerprint density at radius 2 is 1.61 bits per heavy atom. The Hall–Kier alpha value is -3.03. The first-order valence-electron chi connectivity index (χ1n) is 8.60. The van der Waals surface area contributed by atoms with E-state index in [0.29, 0.717) is 11.3 Å². The average molecular weight is 393 g/mol. The maximum Gasteiger partial charge on any atom is 0.406 e. The van der Waals surface area contributed by atoms with Gasteiger partial charge in [-0.1, -0.05) is 48.5 Å². The van der Waals surface area contributed by atoms with Crippen LogP contribution in [0.1, 0.15) is 18.1 Å². The van der Waals surface area contributed by atoms with Gasteiger partial charge in [-0.3, -0.25) is 9.59 Å². The highest BCUT2D eigenvalue weighted by atomic mass is 19.4. The molecule has 1 heterocycles. The number of halogens is 3. The number of hydrogen-bond acceptors (Lipinski definition) is 3. The highest BCUT2D eigenvalue weighted by molar-refractivity contribution is 5.85. The van der Waals surface area contributed by atoms with Crippen LogP contribution in [0.4, 0.5) is 13.2 Å². The minimum Gasteiger partial charge on any atom is -0.481 e. The molecule has 1 aliphatic rings. The van der Waals surface area contributed by atoms with Crippen LogP contribution in [0.25, 0.3) is 0 Å². The van der Waals surface area contributed by atoms with Crippen molar-refractivity contribution < 1.29 is 32.6 Å². The molecular weight excluding hydrogens is 375 g/mol. The summed E-state index contributed by atoms with van der Waals surface area (Å²) in [5, 5.41) is 9.20. The van der Waals surface area contributed by atoms with Gasteiger partial charge in [0.2, 0.25) is 6.10 Å². The zero-order valence-electron chi connectivity index (χ0n) is 14.7. The average Bonchev–Trinajstić information content (AvgIpc) is 3.14. The second kappa shape index (κ2) is 7.53. The van der Waals surface area contributed by atoms with Crippen molar-refractivity contribution in [1.29, 1.82) is 0 Å². The van der Waals surface area contributed by atoms with Crippen LogP contribution in [-0.4, -0.2) is 41.1 Å². The Kier molecular flexibility index (Phi) is 5.31.